The highest BCUT2D eigenvalue weighted by atomic mass is 16.5. The van der Waals surface area contributed by atoms with Crippen molar-refractivity contribution in [2.45, 2.75) is 20.4 Å². The summed E-state index contributed by atoms with van der Waals surface area (Å²) in [5, 5.41) is 0. The molecule has 18 heavy (non-hydrogen) atoms. The van der Waals surface area contributed by atoms with Crippen LogP contribution in [0.25, 0.3) is 0 Å². The second-order valence-electron chi connectivity index (χ2n) is 4.07. The van der Waals surface area contributed by atoms with Crippen molar-refractivity contribution in [2.24, 2.45) is 0 Å². The summed E-state index contributed by atoms with van der Waals surface area (Å²) in [6, 6.07) is 5.53. The van der Waals surface area contributed by atoms with Gasteiger partial charge in [0.05, 0.1) is 12.7 Å². The quantitative estimate of drug-likeness (QED) is 0.776. The van der Waals surface area contributed by atoms with Gasteiger partial charge in [-0.15, -0.1) is 0 Å². The highest BCUT2D eigenvalue weighted by molar-refractivity contribution is 6.08. The molecule has 0 aliphatic carbocycles. The molecule has 4 heteroatoms. The van der Waals surface area contributed by atoms with Crippen molar-refractivity contribution in [3.8, 4) is 5.75 Å². The number of methoxy groups -OCH3 is 1. The number of carbonyl (C=O) groups is 1. The molecule has 1 aromatic heterocycles. The Labute approximate surface area is 106 Å². The van der Waals surface area contributed by atoms with Crippen LogP contribution >= 0.6 is 0 Å². The van der Waals surface area contributed by atoms with E-state index >= 15 is 0 Å². The van der Waals surface area contributed by atoms with Crippen molar-refractivity contribution in [3.05, 3.63) is 47.5 Å². The third-order valence-corrected chi connectivity index (χ3v) is 2.86. The molecule has 0 fully saturated rings. The molecular formula is C14H16N2O2. The van der Waals surface area contributed by atoms with E-state index in [0.717, 1.165) is 12.1 Å². The van der Waals surface area contributed by atoms with Gasteiger partial charge in [0.25, 0.3) is 0 Å². The van der Waals surface area contributed by atoms with Crippen LogP contribution in [0.15, 0.2) is 30.6 Å². The number of hydrogen-bond acceptors (Lipinski definition) is 3. The third-order valence-electron chi connectivity index (χ3n) is 2.86. The molecule has 0 N–H and O–H groups in total. The lowest BCUT2D eigenvalue weighted by molar-refractivity contribution is 0.102. The molecule has 0 spiro atoms. The van der Waals surface area contributed by atoms with Crippen LogP contribution in [-0.2, 0) is 6.54 Å². The number of benzene rings is 1. The third kappa shape index (κ3) is 2.14. The summed E-state index contributed by atoms with van der Waals surface area (Å²) in [6.07, 6.45) is 3.44. The first-order valence-corrected chi connectivity index (χ1v) is 5.87. The van der Waals surface area contributed by atoms with Gasteiger partial charge in [0, 0.05) is 18.9 Å². The maximum atomic E-state index is 12.4. The Bertz CT molecular complexity index is 573. The van der Waals surface area contributed by atoms with Crippen LogP contribution in [0.2, 0.25) is 0 Å². The summed E-state index contributed by atoms with van der Waals surface area (Å²) in [5.74, 6) is 0.920. The monoisotopic (exact) mass is 244 g/mol. The van der Waals surface area contributed by atoms with Crippen LogP contribution < -0.4 is 4.74 Å². The van der Waals surface area contributed by atoms with Crippen molar-refractivity contribution in [2.75, 3.05) is 7.11 Å². The number of carbonyl (C=O) groups excluding carboxylic acids is 1. The largest absolute Gasteiger partial charge is 0.496 e. The zero-order chi connectivity index (χ0) is 13.1. The van der Waals surface area contributed by atoms with Crippen LogP contribution in [-0.4, -0.2) is 22.4 Å². The SMILES string of the molecule is CCn1ccnc1C(=O)c1ccc(C)cc1OC. The summed E-state index contributed by atoms with van der Waals surface area (Å²) in [6.45, 7) is 4.66. The molecule has 1 aromatic carbocycles. The highest BCUT2D eigenvalue weighted by Gasteiger charge is 2.18. The Morgan fingerprint density at radius 1 is 1.44 bits per heavy atom. The van der Waals surface area contributed by atoms with E-state index in [1.807, 2.05) is 30.5 Å². The molecule has 0 aliphatic heterocycles. The standard InChI is InChI=1S/C14H16N2O2/c1-4-16-8-7-15-14(16)13(17)11-6-5-10(2)9-12(11)18-3/h5-9H,4H2,1-3H3. The second-order valence-corrected chi connectivity index (χ2v) is 4.07. The molecule has 2 rings (SSSR count). The first-order valence-electron chi connectivity index (χ1n) is 5.87. The van der Waals surface area contributed by atoms with Gasteiger partial charge in [-0.05, 0) is 31.5 Å². The molecular weight excluding hydrogens is 228 g/mol. The highest BCUT2D eigenvalue weighted by Crippen LogP contribution is 2.22. The Kier molecular flexibility index (Phi) is 3.46. The minimum atomic E-state index is -0.112. The second kappa shape index (κ2) is 5.04. The van der Waals surface area contributed by atoms with Crippen LogP contribution in [0.1, 0.15) is 28.7 Å². The molecule has 0 unspecified atom stereocenters. The van der Waals surface area contributed by atoms with Gasteiger partial charge in [-0.25, -0.2) is 4.98 Å². The Morgan fingerprint density at radius 3 is 2.89 bits per heavy atom. The predicted octanol–water partition coefficient (Wildman–Crippen LogP) is 2.45. The van der Waals surface area contributed by atoms with Crippen LogP contribution in [0.5, 0.6) is 5.75 Å². The van der Waals surface area contributed by atoms with E-state index in [1.165, 1.54) is 0 Å². The molecule has 0 radical (unpaired) electrons. The number of hydrogen-bond donors (Lipinski definition) is 0. The number of rotatable bonds is 4. The average Bonchev–Trinajstić information content (AvgIpc) is 2.86. The minimum absolute atomic E-state index is 0.112. The molecule has 4 nitrogen and oxygen atoms in total. The van der Waals surface area contributed by atoms with Gasteiger partial charge in [0.2, 0.25) is 5.78 Å². The number of ketones is 1. The predicted molar refractivity (Wildman–Crippen MR) is 69.1 cm³/mol. The Balaban J connectivity index is 2.46. The van der Waals surface area contributed by atoms with Crippen molar-refractivity contribution >= 4 is 5.78 Å². The van der Waals surface area contributed by atoms with Crippen LogP contribution in [0.4, 0.5) is 0 Å². The zero-order valence-corrected chi connectivity index (χ0v) is 10.8. The lowest BCUT2D eigenvalue weighted by Gasteiger charge is -2.09. The molecule has 1 heterocycles. The van der Waals surface area contributed by atoms with Crippen LogP contribution in [0, 0.1) is 6.92 Å². The summed E-state index contributed by atoms with van der Waals surface area (Å²) in [7, 11) is 1.57. The van der Waals surface area contributed by atoms with Gasteiger partial charge < -0.3 is 9.30 Å². The molecule has 0 bridgehead atoms. The lowest BCUT2D eigenvalue weighted by Crippen LogP contribution is -2.11. The number of aromatic nitrogens is 2. The van der Waals surface area contributed by atoms with Gasteiger partial charge >= 0.3 is 0 Å². The number of aryl methyl sites for hydroxylation is 2. The summed E-state index contributed by atoms with van der Waals surface area (Å²) < 4.78 is 7.08. The van der Waals surface area contributed by atoms with E-state index in [2.05, 4.69) is 4.98 Å². The number of ether oxygens (including phenoxy) is 1. The summed E-state index contributed by atoms with van der Waals surface area (Å²) in [5.41, 5.74) is 1.60. The number of nitrogens with zero attached hydrogens (tertiary/aromatic N) is 2. The smallest absolute Gasteiger partial charge is 0.232 e. The van der Waals surface area contributed by atoms with E-state index in [4.69, 9.17) is 4.74 Å². The maximum absolute atomic E-state index is 12.4. The normalized spacial score (nSPS) is 10.4. The first-order chi connectivity index (χ1) is 8.67. The van der Waals surface area contributed by atoms with E-state index in [0.29, 0.717) is 17.1 Å². The zero-order valence-electron chi connectivity index (χ0n) is 10.8. The van der Waals surface area contributed by atoms with E-state index in [1.54, 1.807) is 25.6 Å². The molecule has 94 valence electrons. The van der Waals surface area contributed by atoms with Crippen molar-refractivity contribution in [1.29, 1.82) is 0 Å². The van der Waals surface area contributed by atoms with Crippen molar-refractivity contribution in [3.63, 3.8) is 0 Å². The van der Waals surface area contributed by atoms with Gasteiger partial charge in [-0.2, -0.15) is 0 Å². The number of imidazole rings is 1. The molecule has 0 saturated carbocycles. The Morgan fingerprint density at radius 2 is 2.22 bits per heavy atom. The maximum Gasteiger partial charge on any atom is 0.232 e. The molecule has 0 atom stereocenters. The molecule has 0 saturated heterocycles. The average molecular weight is 244 g/mol. The minimum Gasteiger partial charge on any atom is -0.496 e. The molecule has 0 aliphatic rings. The fourth-order valence-corrected chi connectivity index (χ4v) is 1.88. The van der Waals surface area contributed by atoms with Crippen LogP contribution in [0.3, 0.4) is 0 Å². The first kappa shape index (κ1) is 12.4. The lowest BCUT2D eigenvalue weighted by atomic mass is 10.1. The Hall–Kier alpha value is -2.10. The summed E-state index contributed by atoms with van der Waals surface area (Å²) >= 11 is 0. The van der Waals surface area contributed by atoms with E-state index < -0.39 is 0 Å². The van der Waals surface area contributed by atoms with Gasteiger partial charge in [0.15, 0.2) is 5.82 Å². The van der Waals surface area contributed by atoms with Gasteiger partial charge in [-0.1, -0.05) is 6.07 Å². The fraction of sp³-hybridized carbons (Fsp3) is 0.286. The molecule has 0 amide bonds. The van der Waals surface area contributed by atoms with Crippen molar-refractivity contribution in [1.82, 2.24) is 9.55 Å². The van der Waals surface area contributed by atoms with E-state index in [9.17, 15) is 4.79 Å². The topological polar surface area (TPSA) is 44.1 Å². The summed E-state index contributed by atoms with van der Waals surface area (Å²) in [4.78, 5) is 16.5. The molecule has 2 aromatic rings. The van der Waals surface area contributed by atoms with Gasteiger partial charge in [0.1, 0.15) is 5.75 Å². The van der Waals surface area contributed by atoms with Gasteiger partial charge in [-0.3, -0.25) is 4.79 Å². The van der Waals surface area contributed by atoms with E-state index in [-0.39, 0.29) is 5.78 Å². The van der Waals surface area contributed by atoms with Crippen molar-refractivity contribution < 1.29 is 9.53 Å². The fourth-order valence-electron chi connectivity index (χ4n) is 1.88.